The quantitative estimate of drug-likeness (QED) is 0.798. The van der Waals surface area contributed by atoms with Crippen molar-refractivity contribution in [1.82, 2.24) is 4.98 Å². The average Bonchev–Trinajstić information content (AvgIpc) is 2.71. The van der Waals surface area contributed by atoms with E-state index in [1.807, 2.05) is 12.1 Å². The first-order valence-corrected chi connectivity index (χ1v) is 4.41. The van der Waals surface area contributed by atoms with Gasteiger partial charge in [-0.25, -0.2) is 8.78 Å². The molecule has 5 heteroatoms. The van der Waals surface area contributed by atoms with Crippen LogP contribution in [-0.2, 0) is 0 Å². The standard InChI is InChI=1S/C11H5F2N3/c12-11(13)10-3-7-8(5-15)6(4-14)1-2-9(7)16-10/h1-3,11,16H. The van der Waals surface area contributed by atoms with Gasteiger partial charge in [0.15, 0.2) is 0 Å². The molecule has 1 aromatic carbocycles. The molecule has 0 spiro atoms. The Morgan fingerprint density at radius 2 is 1.94 bits per heavy atom. The molecule has 0 aliphatic carbocycles. The predicted molar refractivity (Wildman–Crippen MR) is 52.7 cm³/mol. The lowest BCUT2D eigenvalue weighted by molar-refractivity contribution is 0.147. The van der Waals surface area contributed by atoms with Crippen molar-refractivity contribution in [3.05, 3.63) is 35.0 Å². The van der Waals surface area contributed by atoms with E-state index in [-0.39, 0.29) is 16.8 Å². The Labute approximate surface area is 89.5 Å². The predicted octanol–water partition coefficient (Wildman–Crippen LogP) is 2.85. The first-order chi connectivity index (χ1) is 7.67. The maximum absolute atomic E-state index is 12.4. The number of aromatic nitrogens is 1. The van der Waals surface area contributed by atoms with Gasteiger partial charge in [-0.2, -0.15) is 10.5 Å². The Bertz CT molecular complexity index is 629. The Morgan fingerprint density at radius 3 is 2.50 bits per heavy atom. The summed E-state index contributed by atoms with van der Waals surface area (Å²) in [5, 5.41) is 18.0. The van der Waals surface area contributed by atoms with Gasteiger partial charge in [-0.1, -0.05) is 0 Å². The number of nitrogens with one attached hydrogen (secondary N) is 1. The molecule has 0 saturated heterocycles. The molecular weight excluding hydrogens is 212 g/mol. The first-order valence-electron chi connectivity index (χ1n) is 4.41. The van der Waals surface area contributed by atoms with Gasteiger partial charge in [-0.15, -0.1) is 0 Å². The van der Waals surface area contributed by atoms with Crippen molar-refractivity contribution in [2.45, 2.75) is 6.43 Å². The fourth-order valence-corrected chi connectivity index (χ4v) is 1.56. The molecule has 0 atom stereocenters. The second-order valence-electron chi connectivity index (χ2n) is 3.20. The minimum absolute atomic E-state index is 0.128. The lowest BCUT2D eigenvalue weighted by Gasteiger charge is -1.94. The molecule has 16 heavy (non-hydrogen) atoms. The molecule has 0 aliphatic rings. The lowest BCUT2D eigenvalue weighted by atomic mass is 10.1. The number of benzene rings is 1. The van der Waals surface area contributed by atoms with Gasteiger partial charge < -0.3 is 4.98 Å². The lowest BCUT2D eigenvalue weighted by Crippen LogP contribution is -1.83. The molecule has 0 fully saturated rings. The molecule has 2 rings (SSSR count). The van der Waals surface area contributed by atoms with Gasteiger partial charge in [0.25, 0.3) is 6.43 Å². The van der Waals surface area contributed by atoms with Crippen LogP contribution in [0.5, 0.6) is 0 Å². The minimum atomic E-state index is -2.62. The minimum Gasteiger partial charge on any atom is -0.354 e. The van der Waals surface area contributed by atoms with Crippen LogP contribution in [0.25, 0.3) is 10.9 Å². The van der Waals surface area contributed by atoms with E-state index in [0.29, 0.717) is 10.9 Å². The van der Waals surface area contributed by atoms with Crippen molar-refractivity contribution in [1.29, 1.82) is 10.5 Å². The zero-order valence-corrected chi connectivity index (χ0v) is 7.96. The van der Waals surface area contributed by atoms with Gasteiger partial charge in [0.1, 0.15) is 12.1 Å². The van der Waals surface area contributed by atoms with E-state index in [4.69, 9.17) is 10.5 Å². The van der Waals surface area contributed by atoms with Gasteiger partial charge in [-0.05, 0) is 18.2 Å². The number of H-pyrrole nitrogens is 1. The molecule has 1 heterocycles. The van der Waals surface area contributed by atoms with Gasteiger partial charge >= 0.3 is 0 Å². The van der Waals surface area contributed by atoms with E-state index >= 15 is 0 Å². The summed E-state index contributed by atoms with van der Waals surface area (Å²) in [6, 6.07) is 7.87. The first kappa shape index (κ1) is 10.1. The zero-order valence-electron chi connectivity index (χ0n) is 7.96. The van der Waals surface area contributed by atoms with Crippen LogP contribution in [0.15, 0.2) is 18.2 Å². The maximum atomic E-state index is 12.4. The van der Waals surface area contributed by atoms with Crippen LogP contribution < -0.4 is 0 Å². The summed E-state index contributed by atoms with van der Waals surface area (Å²) in [6.45, 7) is 0. The van der Waals surface area contributed by atoms with Gasteiger partial charge in [0.2, 0.25) is 0 Å². The van der Waals surface area contributed by atoms with Crippen LogP contribution in [0.1, 0.15) is 23.2 Å². The number of alkyl halides is 2. The number of hydrogen-bond donors (Lipinski definition) is 1. The Morgan fingerprint density at radius 1 is 1.19 bits per heavy atom. The number of fused-ring (bicyclic) bond motifs is 1. The van der Waals surface area contributed by atoms with Crippen molar-refractivity contribution >= 4 is 10.9 Å². The van der Waals surface area contributed by atoms with Crippen molar-refractivity contribution in [3.8, 4) is 12.1 Å². The largest absolute Gasteiger partial charge is 0.354 e. The molecule has 1 aromatic heterocycles. The van der Waals surface area contributed by atoms with E-state index in [9.17, 15) is 8.78 Å². The average molecular weight is 217 g/mol. The molecule has 78 valence electrons. The van der Waals surface area contributed by atoms with Crippen molar-refractivity contribution in [2.75, 3.05) is 0 Å². The third-order valence-corrected chi connectivity index (χ3v) is 2.29. The molecule has 1 N–H and O–H groups in total. The third kappa shape index (κ3) is 1.39. The monoisotopic (exact) mass is 217 g/mol. The molecular formula is C11H5F2N3. The number of rotatable bonds is 1. The summed E-state index contributed by atoms with van der Waals surface area (Å²) >= 11 is 0. The highest BCUT2D eigenvalue weighted by Crippen LogP contribution is 2.27. The van der Waals surface area contributed by atoms with Crippen LogP contribution in [0.3, 0.4) is 0 Å². The van der Waals surface area contributed by atoms with Crippen molar-refractivity contribution in [2.24, 2.45) is 0 Å². The van der Waals surface area contributed by atoms with Crippen LogP contribution in [0, 0.1) is 22.7 Å². The molecule has 0 saturated carbocycles. The highest BCUT2D eigenvalue weighted by atomic mass is 19.3. The second-order valence-corrected chi connectivity index (χ2v) is 3.20. The highest BCUT2D eigenvalue weighted by Gasteiger charge is 2.14. The summed E-state index contributed by atoms with van der Waals surface area (Å²) in [5.74, 6) is 0. The Kier molecular flexibility index (Phi) is 2.30. The molecule has 3 nitrogen and oxygen atoms in total. The summed E-state index contributed by atoms with van der Waals surface area (Å²) in [6.07, 6.45) is -2.62. The van der Waals surface area contributed by atoms with E-state index in [0.717, 1.165) is 0 Å². The zero-order chi connectivity index (χ0) is 11.7. The topological polar surface area (TPSA) is 63.4 Å². The second kappa shape index (κ2) is 3.63. The number of nitrogens with zero attached hydrogens (tertiary/aromatic N) is 2. The van der Waals surface area contributed by atoms with Crippen molar-refractivity contribution in [3.63, 3.8) is 0 Å². The van der Waals surface area contributed by atoms with Crippen LogP contribution in [0.4, 0.5) is 8.78 Å². The normalized spacial score (nSPS) is 10.3. The van der Waals surface area contributed by atoms with Crippen LogP contribution >= 0.6 is 0 Å². The highest BCUT2D eigenvalue weighted by molar-refractivity contribution is 5.88. The Hall–Kier alpha value is -2.40. The summed E-state index contributed by atoms with van der Waals surface area (Å²) in [7, 11) is 0. The number of nitriles is 2. The number of halogens is 2. The SMILES string of the molecule is N#Cc1ccc2[nH]c(C(F)F)cc2c1C#N. The van der Waals surface area contributed by atoms with E-state index in [1.165, 1.54) is 18.2 Å². The van der Waals surface area contributed by atoms with Crippen LogP contribution in [-0.4, -0.2) is 4.98 Å². The van der Waals surface area contributed by atoms with E-state index in [1.54, 1.807) is 0 Å². The number of aromatic amines is 1. The third-order valence-electron chi connectivity index (χ3n) is 2.29. The molecule has 0 amide bonds. The fraction of sp³-hybridized carbons (Fsp3) is 0.0909. The van der Waals surface area contributed by atoms with Gasteiger partial charge in [0.05, 0.1) is 16.8 Å². The maximum Gasteiger partial charge on any atom is 0.278 e. The molecule has 0 radical (unpaired) electrons. The molecule has 0 bridgehead atoms. The fourth-order valence-electron chi connectivity index (χ4n) is 1.56. The van der Waals surface area contributed by atoms with E-state index in [2.05, 4.69) is 4.98 Å². The smallest absolute Gasteiger partial charge is 0.278 e. The summed E-state index contributed by atoms with van der Waals surface area (Å²) in [4.78, 5) is 2.51. The molecule has 2 aromatic rings. The summed E-state index contributed by atoms with van der Waals surface area (Å²) in [5.41, 5.74) is 0.505. The van der Waals surface area contributed by atoms with Gasteiger partial charge in [-0.3, -0.25) is 0 Å². The van der Waals surface area contributed by atoms with E-state index < -0.39 is 6.43 Å². The van der Waals surface area contributed by atoms with Gasteiger partial charge in [0, 0.05) is 10.9 Å². The molecule has 0 unspecified atom stereocenters. The summed E-state index contributed by atoms with van der Waals surface area (Å²) < 4.78 is 24.9. The van der Waals surface area contributed by atoms with Crippen molar-refractivity contribution < 1.29 is 8.78 Å². The van der Waals surface area contributed by atoms with Crippen LogP contribution in [0.2, 0.25) is 0 Å². The molecule has 0 aliphatic heterocycles. The Balaban J connectivity index is 2.80. The number of hydrogen-bond acceptors (Lipinski definition) is 2.